The Labute approximate surface area is 309 Å². The molecule has 3 fully saturated rings. The summed E-state index contributed by atoms with van der Waals surface area (Å²) in [5.74, 6) is -2.30. The predicted molar refractivity (Wildman–Crippen MR) is 191 cm³/mol. The Morgan fingerprint density at radius 1 is 1.09 bits per heavy atom. The number of aromatic nitrogens is 1. The molecule has 2 heterocycles. The van der Waals surface area contributed by atoms with E-state index in [9.17, 15) is 32.0 Å². The van der Waals surface area contributed by atoms with Crippen molar-refractivity contribution in [1.29, 1.82) is 0 Å². The molecule has 3 aliphatic rings. The van der Waals surface area contributed by atoms with E-state index >= 15 is 0 Å². The van der Waals surface area contributed by atoms with Gasteiger partial charge in [-0.25, -0.2) is 18.7 Å². The third-order valence-electron chi connectivity index (χ3n) is 9.63. The van der Waals surface area contributed by atoms with Gasteiger partial charge in [-0.05, 0) is 94.4 Å². The average Bonchev–Trinajstić information content (AvgIpc) is 3.89. The Bertz CT molecular complexity index is 1860. The van der Waals surface area contributed by atoms with E-state index in [2.05, 4.69) is 15.6 Å². The molecule has 0 spiro atoms. The van der Waals surface area contributed by atoms with Gasteiger partial charge in [0.05, 0.1) is 25.9 Å². The summed E-state index contributed by atoms with van der Waals surface area (Å²) in [6.45, 7) is 11.0. The number of fused-ring (bicyclic) bond motifs is 1. The number of amides is 4. The molecule has 1 aromatic carbocycles. The largest absolute Gasteiger partial charge is 0.497 e. The molecule has 3 N–H and O–H groups in total. The maximum absolute atomic E-state index is 14.5. The lowest BCUT2D eigenvalue weighted by atomic mass is 9.85. The highest BCUT2D eigenvalue weighted by Gasteiger charge is 2.62. The highest BCUT2D eigenvalue weighted by molar-refractivity contribution is 7.85. The number of alkyl carbamates (subject to hydrolysis) is 1. The number of alkyl halides is 1. The van der Waals surface area contributed by atoms with Gasteiger partial charge in [0.1, 0.15) is 35.1 Å². The number of pyridine rings is 1. The van der Waals surface area contributed by atoms with Crippen molar-refractivity contribution < 1.29 is 50.4 Å². The van der Waals surface area contributed by atoms with Crippen LogP contribution in [-0.4, -0.2) is 97.4 Å². The molecule has 1 saturated heterocycles. The van der Waals surface area contributed by atoms with Crippen molar-refractivity contribution in [3.05, 3.63) is 30.5 Å². The molecule has 1 aliphatic heterocycles. The number of ether oxygens (including phenoxy) is 3. The van der Waals surface area contributed by atoms with Crippen LogP contribution in [0.4, 0.5) is 9.18 Å². The zero-order valence-electron chi connectivity index (χ0n) is 31.4. The summed E-state index contributed by atoms with van der Waals surface area (Å²) in [6.07, 6.45) is 0.719. The molecule has 0 bridgehead atoms. The quantitative estimate of drug-likeness (QED) is 0.270. The van der Waals surface area contributed by atoms with E-state index in [1.54, 1.807) is 80.0 Å². The molecule has 292 valence electrons. The minimum atomic E-state index is -4.55. The summed E-state index contributed by atoms with van der Waals surface area (Å²) in [7, 11) is -3.00. The fourth-order valence-electron chi connectivity index (χ4n) is 6.47. The Hall–Kier alpha value is -4.25. The molecule has 17 heteroatoms. The van der Waals surface area contributed by atoms with Crippen LogP contribution in [0.25, 0.3) is 10.8 Å². The second kappa shape index (κ2) is 14.5. The molecular weight excluding hydrogens is 713 g/mol. The van der Waals surface area contributed by atoms with Crippen LogP contribution in [0.1, 0.15) is 80.6 Å². The number of carbonyl (C=O) groups excluding carboxylic acids is 4. The number of halogens is 1. The number of likely N-dealkylation sites (tertiary alicyclic amines) is 1. The van der Waals surface area contributed by atoms with Crippen LogP contribution in [0.3, 0.4) is 0 Å². The summed E-state index contributed by atoms with van der Waals surface area (Å²) < 4.78 is 63.2. The van der Waals surface area contributed by atoms with Crippen LogP contribution in [0.2, 0.25) is 0 Å². The summed E-state index contributed by atoms with van der Waals surface area (Å²) in [5, 5.41) is 6.78. The molecule has 2 aromatic rings. The molecular formula is C36H50FN5O10S. The van der Waals surface area contributed by atoms with E-state index in [1.165, 1.54) is 4.90 Å². The Kier molecular flexibility index (Phi) is 11.0. The van der Waals surface area contributed by atoms with Gasteiger partial charge in [0.2, 0.25) is 17.7 Å². The SMILES string of the molecule is COc1ccc2c(O[C@@H]3C[C@@H](C(=O)N[C@]4(C(=O)NS(=O)(=O)OC5(C)CC5)C[C@H]4CCF)N(C(=O)[C@@H](NC(=O)OC(C)(C)C)C(C)(C)C)C3)nccc2c1. The summed E-state index contributed by atoms with van der Waals surface area (Å²) >= 11 is 0. The summed E-state index contributed by atoms with van der Waals surface area (Å²) in [6, 6.07) is 4.70. The van der Waals surface area contributed by atoms with E-state index in [4.69, 9.17) is 18.4 Å². The van der Waals surface area contributed by atoms with Gasteiger partial charge in [0.15, 0.2) is 0 Å². The van der Waals surface area contributed by atoms with Gasteiger partial charge in [0, 0.05) is 18.0 Å². The van der Waals surface area contributed by atoms with E-state index in [0.29, 0.717) is 24.0 Å². The van der Waals surface area contributed by atoms with E-state index in [-0.39, 0.29) is 31.7 Å². The Morgan fingerprint density at radius 2 is 1.79 bits per heavy atom. The normalized spacial score (nSPS) is 24.2. The lowest BCUT2D eigenvalue weighted by molar-refractivity contribution is -0.143. The lowest BCUT2D eigenvalue weighted by Gasteiger charge is -2.36. The minimum Gasteiger partial charge on any atom is -0.497 e. The topological polar surface area (TPSA) is 192 Å². The number of benzene rings is 1. The molecule has 5 atom stereocenters. The van der Waals surface area contributed by atoms with Crippen LogP contribution in [0.15, 0.2) is 30.5 Å². The monoisotopic (exact) mass is 763 g/mol. The first kappa shape index (κ1) is 39.9. The Morgan fingerprint density at radius 3 is 2.40 bits per heavy atom. The number of nitrogens with one attached hydrogen (secondary N) is 3. The molecule has 15 nitrogen and oxygen atoms in total. The van der Waals surface area contributed by atoms with Crippen molar-refractivity contribution in [2.75, 3.05) is 20.3 Å². The molecule has 2 saturated carbocycles. The minimum absolute atomic E-state index is 0.0317. The van der Waals surface area contributed by atoms with E-state index in [0.717, 1.165) is 5.39 Å². The second-order valence-corrected chi connectivity index (χ2v) is 17.7. The number of hydrogen-bond donors (Lipinski definition) is 3. The number of hydrogen-bond acceptors (Lipinski definition) is 11. The van der Waals surface area contributed by atoms with Crippen LogP contribution in [0.5, 0.6) is 11.6 Å². The first-order valence-electron chi connectivity index (χ1n) is 17.6. The number of rotatable bonds is 13. The van der Waals surface area contributed by atoms with Gasteiger partial charge in [-0.3, -0.25) is 18.8 Å². The fourth-order valence-corrected chi connectivity index (χ4v) is 7.62. The van der Waals surface area contributed by atoms with Gasteiger partial charge in [-0.2, -0.15) is 8.42 Å². The number of carbonyl (C=O) groups is 4. The molecule has 1 aromatic heterocycles. The van der Waals surface area contributed by atoms with Crippen molar-refractivity contribution >= 4 is 44.9 Å². The van der Waals surface area contributed by atoms with Gasteiger partial charge >= 0.3 is 16.4 Å². The van der Waals surface area contributed by atoms with Gasteiger partial charge in [-0.1, -0.05) is 20.8 Å². The van der Waals surface area contributed by atoms with Gasteiger partial charge < -0.3 is 29.7 Å². The molecule has 0 unspecified atom stereocenters. The predicted octanol–water partition coefficient (Wildman–Crippen LogP) is 3.70. The first-order valence-corrected chi connectivity index (χ1v) is 19.0. The summed E-state index contributed by atoms with van der Waals surface area (Å²) in [5.41, 5.74) is -4.41. The standard InChI is InChI=1S/C36H50FN5O10S/c1-33(2,3)27(39-32(46)51-34(4,5)6)30(44)42-20-24(50-29-25-10-9-23(49-8)17-21(25)12-16-38-29)18-26(42)28(43)40-36(19-22(36)11-15-37)31(45)41-53(47,48)52-35(7)13-14-35/h9-10,12,16-17,22,24,26-27H,11,13-15,18-20H2,1-8H3,(H,39,46)(H,40,43)(H,41,45)/t22-,24-,26+,27-,36-/m1/s1. The fraction of sp³-hybridized carbons (Fsp3) is 0.639. The number of nitrogens with zero attached hydrogens (tertiary/aromatic N) is 2. The van der Waals surface area contributed by atoms with Crippen molar-refractivity contribution in [3.63, 3.8) is 0 Å². The maximum Gasteiger partial charge on any atom is 0.408 e. The third kappa shape index (κ3) is 9.47. The van der Waals surface area contributed by atoms with Crippen molar-refractivity contribution in [3.8, 4) is 11.6 Å². The highest BCUT2D eigenvalue weighted by atomic mass is 32.2. The zero-order chi connectivity index (χ0) is 39.1. The summed E-state index contributed by atoms with van der Waals surface area (Å²) in [4.78, 5) is 60.9. The van der Waals surface area contributed by atoms with Crippen molar-refractivity contribution in [1.82, 2.24) is 25.2 Å². The first-order chi connectivity index (χ1) is 24.6. The molecule has 4 amide bonds. The van der Waals surface area contributed by atoms with Gasteiger partial charge in [-0.15, -0.1) is 0 Å². The Balaban J connectivity index is 1.44. The second-order valence-electron chi connectivity index (χ2n) is 16.4. The highest BCUT2D eigenvalue weighted by Crippen LogP contribution is 2.47. The zero-order valence-corrected chi connectivity index (χ0v) is 32.2. The van der Waals surface area contributed by atoms with Crippen molar-refractivity contribution in [2.45, 2.75) is 115 Å². The van der Waals surface area contributed by atoms with E-state index in [1.807, 2.05) is 10.8 Å². The lowest BCUT2D eigenvalue weighted by Crippen LogP contribution is -2.60. The van der Waals surface area contributed by atoms with Crippen LogP contribution >= 0.6 is 0 Å². The molecule has 53 heavy (non-hydrogen) atoms. The van der Waals surface area contributed by atoms with Crippen LogP contribution in [-0.2, 0) is 33.6 Å². The average molecular weight is 764 g/mol. The van der Waals surface area contributed by atoms with Crippen LogP contribution in [0, 0.1) is 11.3 Å². The van der Waals surface area contributed by atoms with Gasteiger partial charge in [0.25, 0.3) is 5.91 Å². The van der Waals surface area contributed by atoms with Crippen molar-refractivity contribution in [2.24, 2.45) is 11.3 Å². The molecule has 0 radical (unpaired) electrons. The van der Waals surface area contributed by atoms with Crippen LogP contribution < -0.4 is 24.8 Å². The van der Waals surface area contributed by atoms with E-state index < -0.39 is 87.1 Å². The number of methoxy groups -OCH3 is 1. The smallest absolute Gasteiger partial charge is 0.408 e. The maximum atomic E-state index is 14.5. The third-order valence-corrected chi connectivity index (χ3v) is 10.7. The molecule has 5 rings (SSSR count). The molecule has 2 aliphatic carbocycles.